The third-order valence-corrected chi connectivity index (χ3v) is 3.00. The third kappa shape index (κ3) is 1.22. The van der Waals surface area contributed by atoms with Crippen LogP contribution in [0.4, 0.5) is 0 Å². The van der Waals surface area contributed by atoms with Crippen LogP contribution in [0.3, 0.4) is 0 Å². The quantitative estimate of drug-likeness (QED) is 0.754. The highest BCUT2D eigenvalue weighted by Crippen LogP contribution is 2.29. The monoisotopic (exact) mass is 223 g/mol. The van der Waals surface area contributed by atoms with Gasteiger partial charge in [0.25, 0.3) is 11.8 Å². The van der Waals surface area contributed by atoms with E-state index in [2.05, 4.69) is 11.9 Å². The van der Waals surface area contributed by atoms with Crippen LogP contribution in [0.25, 0.3) is 16.8 Å². The number of nitrogens with one attached hydrogen (secondary N) is 1. The van der Waals surface area contributed by atoms with Crippen LogP contribution in [-0.2, 0) is 0 Å². The van der Waals surface area contributed by atoms with E-state index >= 15 is 0 Å². The molecule has 0 radical (unpaired) electrons. The summed E-state index contributed by atoms with van der Waals surface area (Å²) < 4.78 is 0. The van der Waals surface area contributed by atoms with E-state index in [0.717, 1.165) is 16.3 Å². The number of hydrogen-bond donors (Lipinski definition) is 1. The van der Waals surface area contributed by atoms with Crippen molar-refractivity contribution in [2.45, 2.75) is 0 Å². The Morgan fingerprint density at radius 2 is 1.88 bits per heavy atom. The zero-order valence-electron chi connectivity index (χ0n) is 8.99. The smallest absolute Gasteiger partial charge is 0.259 e. The summed E-state index contributed by atoms with van der Waals surface area (Å²) in [5.41, 5.74) is 1.82. The minimum absolute atomic E-state index is 0.339. The molecule has 0 saturated heterocycles. The average molecular weight is 223 g/mol. The molecule has 17 heavy (non-hydrogen) atoms. The van der Waals surface area contributed by atoms with Crippen LogP contribution in [0.15, 0.2) is 36.9 Å². The first-order valence-corrected chi connectivity index (χ1v) is 5.26. The van der Waals surface area contributed by atoms with Gasteiger partial charge in [0.05, 0.1) is 5.56 Å². The molecular formula is C14H9NO2. The van der Waals surface area contributed by atoms with Crippen LogP contribution in [0.2, 0.25) is 0 Å². The van der Waals surface area contributed by atoms with Gasteiger partial charge in [0.1, 0.15) is 0 Å². The molecule has 1 N–H and O–H groups in total. The molecule has 0 fully saturated rings. The largest absolute Gasteiger partial charge is 0.288 e. The molecule has 0 spiro atoms. The molecule has 0 atom stereocenters. The lowest BCUT2D eigenvalue weighted by Gasteiger charge is -2.18. The molecule has 0 bridgehead atoms. The zero-order chi connectivity index (χ0) is 12.0. The van der Waals surface area contributed by atoms with Crippen molar-refractivity contribution in [1.29, 1.82) is 0 Å². The van der Waals surface area contributed by atoms with Crippen LogP contribution >= 0.6 is 0 Å². The van der Waals surface area contributed by atoms with Crippen LogP contribution in [0.5, 0.6) is 0 Å². The Labute approximate surface area is 97.8 Å². The number of amides is 2. The minimum atomic E-state index is -0.353. The Balaban J connectivity index is 2.57. The SMILES string of the molecule is C=Cc1ccc2cccc3c2c1C(=O)NC3=O. The second-order valence-electron chi connectivity index (χ2n) is 3.92. The fourth-order valence-corrected chi connectivity index (χ4v) is 2.23. The van der Waals surface area contributed by atoms with Gasteiger partial charge in [0.15, 0.2) is 0 Å². The lowest BCUT2D eigenvalue weighted by Crippen LogP contribution is -2.35. The molecule has 0 saturated carbocycles. The highest BCUT2D eigenvalue weighted by Gasteiger charge is 2.26. The third-order valence-electron chi connectivity index (χ3n) is 3.00. The van der Waals surface area contributed by atoms with E-state index in [9.17, 15) is 9.59 Å². The summed E-state index contributed by atoms with van der Waals surface area (Å²) in [4.78, 5) is 23.6. The van der Waals surface area contributed by atoms with E-state index in [0.29, 0.717) is 11.1 Å². The molecule has 0 unspecified atom stereocenters. The molecule has 82 valence electrons. The van der Waals surface area contributed by atoms with Gasteiger partial charge in [-0.3, -0.25) is 14.9 Å². The van der Waals surface area contributed by atoms with Gasteiger partial charge in [-0.1, -0.05) is 36.9 Å². The summed E-state index contributed by atoms with van der Waals surface area (Å²) in [6.45, 7) is 3.69. The predicted octanol–water partition coefficient (Wildman–Crippen LogP) is 2.37. The first-order chi connectivity index (χ1) is 8.22. The van der Waals surface area contributed by atoms with Gasteiger partial charge >= 0.3 is 0 Å². The zero-order valence-corrected chi connectivity index (χ0v) is 8.99. The van der Waals surface area contributed by atoms with Gasteiger partial charge in [-0.2, -0.15) is 0 Å². The minimum Gasteiger partial charge on any atom is -0.288 e. The Kier molecular flexibility index (Phi) is 1.89. The van der Waals surface area contributed by atoms with Gasteiger partial charge in [0.2, 0.25) is 0 Å². The van der Waals surface area contributed by atoms with Crippen LogP contribution < -0.4 is 5.32 Å². The summed E-state index contributed by atoms with van der Waals surface area (Å²) in [6, 6.07) is 9.15. The van der Waals surface area contributed by atoms with Gasteiger partial charge in [-0.15, -0.1) is 0 Å². The molecule has 3 rings (SSSR count). The molecular weight excluding hydrogens is 214 g/mol. The average Bonchev–Trinajstić information content (AvgIpc) is 2.35. The maximum atomic E-state index is 11.9. The van der Waals surface area contributed by atoms with Crippen LogP contribution in [0.1, 0.15) is 26.3 Å². The van der Waals surface area contributed by atoms with E-state index in [1.165, 1.54) is 0 Å². The molecule has 2 aromatic rings. The van der Waals surface area contributed by atoms with Gasteiger partial charge in [-0.25, -0.2) is 0 Å². The molecule has 1 aliphatic heterocycles. The summed E-state index contributed by atoms with van der Waals surface area (Å²) in [5, 5.41) is 3.96. The molecule has 2 aromatic carbocycles. The number of hydrogen-bond acceptors (Lipinski definition) is 2. The van der Waals surface area contributed by atoms with Crippen molar-refractivity contribution in [2.24, 2.45) is 0 Å². The highest BCUT2D eigenvalue weighted by atomic mass is 16.2. The molecule has 2 amide bonds. The molecule has 1 heterocycles. The maximum Gasteiger partial charge on any atom is 0.259 e. The van der Waals surface area contributed by atoms with Crippen molar-refractivity contribution >= 4 is 28.7 Å². The first-order valence-electron chi connectivity index (χ1n) is 5.26. The van der Waals surface area contributed by atoms with Crippen molar-refractivity contribution in [3.05, 3.63) is 53.6 Å². The Morgan fingerprint density at radius 3 is 2.65 bits per heavy atom. The van der Waals surface area contributed by atoms with E-state index in [-0.39, 0.29) is 11.8 Å². The van der Waals surface area contributed by atoms with Gasteiger partial charge in [0, 0.05) is 10.9 Å². The van der Waals surface area contributed by atoms with Crippen molar-refractivity contribution in [2.75, 3.05) is 0 Å². The molecule has 3 nitrogen and oxygen atoms in total. The van der Waals surface area contributed by atoms with Crippen LogP contribution in [-0.4, -0.2) is 11.8 Å². The lowest BCUT2D eigenvalue weighted by atomic mass is 9.91. The predicted molar refractivity (Wildman–Crippen MR) is 65.8 cm³/mol. The lowest BCUT2D eigenvalue weighted by molar-refractivity contribution is 0.0845. The number of benzene rings is 2. The molecule has 3 heteroatoms. The molecule has 0 aliphatic carbocycles. The van der Waals surface area contributed by atoms with Crippen molar-refractivity contribution in [3.8, 4) is 0 Å². The standard InChI is InChI=1S/C14H9NO2/c1-2-8-6-7-9-4-3-5-10-11(9)12(8)14(17)15-13(10)16/h2-7H,1H2,(H,15,16,17). The molecule has 0 aromatic heterocycles. The Hall–Kier alpha value is -2.42. The molecule has 1 aliphatic rings. The maximum absolute atomic E-state index is 11.9. The van der Waals surface area contributed by atoms with E-state index in [1.807, 2.05) is 24.3 Å². The van der Waals surface area contributed by atoms with Gasteiger partial charge in [-0.05, 0) is 17.0 Å². The van der Waals surface area contributed by atoms with Gasteiger partial charge < -0.3 is 0 Å². The normalized spacial score (nSPS) is 13.6. The van der Waals surface area contributed by atoms with E-state index < -0.39 is 0 Å². The summed E-state index contributed by atoms with van der Waals surface area (Å²) in [5.74, 6) is -0.691. The topological polar surface area (TPSA) is 46.2 Å². The first kappa shape index (κ1) is 9.78. The Morgan fingerprint density at radius 1 is 1.06 bits per heavy atom. The fourth-order valence-electron chi connectivity index (χ4n) is 2.23. The summed E-state index contributed by atoms with van der Waals surface area (Å²) in [7, 11) is 0. The second kappa shape index (κ2) is 3.28. The highest BCUT2D eigenvalue weighted by molar-refractivity contribution is 6.26. The fraction of sp³-hybridized carbons (Fsp3) is 0. The number of rotatable bonds is 1. The van der Waals surface area contributed by atoms with Crippen molar-refractivity contribution in [3.63, 3.8) is 0 Å². The van der Waals surface area contributed by atoms with Crippen molar-refractivity contribution in [1.82, 2.24) is 5.32 Å². The second-order valence-corrected chi connectivity index (χ2v) is 3.92. The summed E-state index contributed by atoms with van der Waals surface area (Å²) >= 11 is 0. The van der Waals surface area contributed by atoms with E-state index in [4.69, 9.17) is 0 Å². The van der Waals surface area contributed by atoms with Crippen molar-refractivity contribution < 1.29 is 9.59 Å². The number of carbonyl (C=O) groups is 2. The number of carbonyl (C=O) groups excluding carboxylic acids is 2. The number of imide groups is 1. The summed E-state index contributed by atoms with van der Waals surface area (Å²) in [6.07, 6.45) is 1.63. The van der Waals surface area contributed by atoms with E-state index in [1.54, 1.807) is 12.1 Å². The van der Waals surface area contributed by atoms with Crippen LogP contribution in [0, 0.1) is 0 Å². The Bertz CT molecular complexity index is 686.